The van der Waals surface area contributed by atoms with E-state index < -0.39 is 22.5 Å². The number of hydrogen-bond acceptors (Lipinski definition) is 4. The zero-order valence-corrected chi connectivity index (χ0v) is 10.9. The molecule has 18 heavy (non-hydrogen) atoms. The van der Waals surface area contributed by atoms with Crippen molar-refractivity contribution >= 4 is 27.5 Å². The lowest BCUT2D eigenvalue weighted by molar-refractivity contribution is 1.02. The van der Waals surface area contributed by atoms with Crippen LogP contribution in [0.15, 0.2) is 36.0 Å². The molecule has 0 atom stereocenters. The average Bonchev–Trinajstić information content (AvgIpc) is 2.30. The number of nitrogens with one attached hydrogen (secondary N) is 4. The molecule has 96 valence electrons. The zero-order valence-electron chi connectivity index (χ0n) is 8.54. The van der Waals surface area contributed by atoms with Gasteiger partial charge in [0.25, 0.3) is 11.1 Å². The summed E-state index contributed by atoms with van der Waals surface area (Å²) in [5.41, 5.74) is -2.04. The molecule has 2 aromatic rings. The summed E-state index contributed by atoms with van der Waals surface area (Å²) in [6, 6.07) is 0. The molecule has 0 spiro atoms. The minimum absolute atomic E-state index is 0.0189. The molecule has 0 bridgehead atoms. The van der Waals surface area contributed by atoms with Crippen molar-refractivity contribution in [3.8, 4) is 0 Å². The molecular weight excluding hydrogens is 331 g/mol. The van der Waals surface area contributed by atoms with Crippen LogP contribution in [-0.4, -0.2) is 19.9 Å². The van der Waals surface area contributed by atoms with E-state index in [2.05, 4.69) is 25.9 Å². The van der Waals surface area contributed by atoms with Gasteiger partial charge in [0.2, 0.25) is 0 Å². The second-order valence-electron chi connectivity index (χ2n) is 2.84. The Balaban J connectivity index is 0.000000180. The molecule has 4 N–H and O–H groups in total. The van der Waals surface area contributed by atoms with Gasteiger partial charge in [-0.3, -0.25) is 19.6 Å². The summed E-state index contributed by atoms with van der Waals surface area (Å²) in [6.07, 6.45) is 2.43. The van der Waals surface area contributed by atoms with E-state index in [-0.39, 0.29) is 5.02 Å². The minimum Gasteiger partial charge on any atom is -0.313 e. The third-order valence-corrected chi connectivity index (χ3v) is 2.42. The molecule has 2 aromatic heterocycles. The first-order valence-corrected chi connectivity index (χ1v) is 5.52. The standard InChI is InChI=1S/C4H3BrN2O2.C4H3ClN2O2/c2*5-2-1-6-4(9)7-3(2)8/h2*1H,(H2,6,7,8,9). The minimum atomic E-state index is -0.569. The van der Waals surface area contributed by atoms with Crippen molar-refractivity contribution in [1.29, 1.82) is 0 Å². The normalized spacial score (nSPS) is 9.44. The molecule has 0 unspecified atom stereocenters. The summed E-state index contributed by atoms with van der Waals surface area (Å²) in [7, 11) is 0. The lowest BCUT2D eigenvalue weighted by atomic mass is 10.7. The summed E-state index contributed by atoms with van der Waals surface area (Å²) in [5, 5.41) is -0.0189. The van der Waals surface area contributed by atoms with E-state index in [1.807, 2.05) is 9.97 Å². The molecule has 0 aromatic carbocycles. The highest BCUT2D eigenvalue weighted by Crippen LogP contribution is 1.93. The Labute approximate surface area is 111 Å². The monoisotopic (exact) mass is 336 g/mol. The van der Waals surface area contributed by atoms with Crippen LogP contribution >= 0.6 is 27.5 Å². The van der Waals surface area contributed by atoms with Crippen molar-refractivity contribution in [3.63, 3.8) is 0 Å². The van der Waals surface area contributed by atoms with Crippen LogP contribution in [0.1, 0.15) is 0 Å². The van der Waals surface area contributed by atoms with E-state index in [9.17, 15) is 19.2 Å². The predicted molar refractivity (Wildman–Crippen MR) is 68.1 cm³/mol. The second-order valence-corrected chi connectivity index (χ2v) is 4.10. The van der Waals surface area contributed by atoms with Crippen molar-refractivity contribution in [2.75, 3.05) is 0 Å². The summed E-state index contributed by atoms with van der Waals surface area (Å²) in [5.74, 6) is 0. The largest absolute Gasteiger partial charge is 0.325 e. The fourth-order valence-corrected chi connectivity index (χ4v) is 1.10. The highest BCUT2D eigenvalue weighted by molar-refractivity contribution is 9.10. The van der Waals surface area contributed by atoms with Gasteiger partial charge in [0.15, 0.2) is 0 Å². The Bertz CT molecular complexity index is 693. The molecule has 0 aliphatic rings. The van der Waals surface area contributed by atoms with E-state index in [1.165, 1.54) is 6.20 Å². The number of hydrogen-bond donors (Lipinski definition) is 4. The first-order valence-electron chi connectivity index (χ1n) is 4.35. The van der Waals surface area contributed by atoms with Crippen molar-refractivity contribution in [3.05, 3.63) is 63.6 Å². The molecule has 2 rings (SSSR count). The molecule has 0 fully saturated rings. The van der Waals surface area contributed by atoms with Gasteiger partial charge in [0.1, 0.15) is 5.02 Å². The SMILES string of the molecule is O=c1[nH]cc(Br)c(=O)[nH]1.O=c1[nH]cc(Cl)c(=O)[nH]1. The Morgan fingerprint density at radius 1 is 0.889 bits per heavy atom. The van der Waals surface area contributed by atoms with Gasteiger partial charge in [-0.1, -0.05) is 11.6 Å². The molecule has 0 aliphatic carbocycles. The van der Waals surface area contributed by atoms with Gasteiger partial charge in [0.05, 0.1) is 4.47 Å². The van der Waals surface area contributed by atoms with Gasteiger partial charge in [0, 0.05) is 12.4 Å². The maximum absolute atomic E-state index is 10.5. The number of halogens is 2. The topological polar surface area (TPSA) is 131 Å². The van der Waals surface area contributed by atoms with Gasteiger partial charge >= 0.3 is 11.4 Å². The molecule has 0 aliphatic heterocycles. The van der Waals surface area contributed by atoms with Gasteiger partial charge in [-0.15, -0.1) is 0 Å². The van der Waals surface area contributed by atoms with Gasteiger partial charge in [-0.2, -0.15) is 0 Å². The van der Waals surface area contributed by atoms with E-state index >= 15 is 0 Å². The van der Waals surface area contributed by atoms with Gasteiger partial charge in [-0.05, 0) is 15.9 Å². The Kier molecular flexibility index (Phi) is 4.86. The molecule has 2 heterocycles. The average molecular weight is 338 g/mol. The van der Waals surface area contributed by atoms with Crippen LogP contribution in [-0.2, 0) is 0 Å². The van der Waals surface area contributed by atoms with E-state index in [1.54, 1.807) is 0 Å². The lowest BCUT2D eigenvalue weighted by Crippen LogP contribution is -2.21. The zero-order chi connectivity index (χ0) is 13.7. The van der Waals surface area contributed by atoms with Crippen molar-refractivity contribution in [2.45, 2.75) is 0 Å². The highest BCUT2D eigenvalue weighted by atomic mass is 79.9. The van der Waals surface area contributed by atoms with Crippen molar-refractivity contribution in [1.82, 2.24) is 19.9 Å². The van der Waals surface area contributed by atoms with Crippen LogP contribution in [0.2, 0.25) is 5.02 Å². The molecule has 8 nitrogen and oxygen atoms in total. The molecular formula is C8H6BrClN4O4. The smallest absolute Gasteiger partial charge is 0.313 e. The van der Waals surface area contributed by atoms with Gasteiger partial charge in [-0.25, -0.2) is 9.59 Å². The summed E-state index contributed by atoms with van der Waals surface area (Å²) < 4.78 is 0.321. The maximum atomic E-state index is 10.5. The van der Waals surface area contributed by atoms with Crippen LogP contribution in [0.5, 0.6) is 0 Å². The highest BCUT2D eigenvalue weighted by Gasteiger charge is 1.91. The molecule has 0 saturated heterocycles. The third-order valence-electron chi connectivity index (χ3n) is 1.55. The van der Waals surface area contributed by atoms with Crippen LogP contribution in [0.25, 0.3) is 0 Å². The fourth-order valence-electron chi connectivity index (χ4n) is 0.787. The summed E-state index contributed by atoms with van der Waals surface area (Å²) in [6.45, 7) is 0. The van der Waals surface area contributed by atoms with Crippen LogP contribution in [0.4, 0.5) is 0 Å². The number of aromatic amines is 4. The van der Waals surface area contributed by atoms with Crippen LogP contribution < -0.4 is 22.5 Å². The third kappa shape index (κ3) is 4.18. The quantitative estimate of drug-likeness (QED) is 0.518. The molecule has 0 amide bonds. The molecule has 0 radical (unpaired) electrons. The molecule has 0 saturated carbocycles. The van der Waals surface area contributed by atoms with E-state index in [4.69, 9.17) is 11.6 Å². The summed E-state index contributed by atoms with van der Waals surface area (Å²) in [4.78, 5) is 50.0. The van der Waals surface area contributed by atoms with E-state index in [0.29, 0.717) is 4.47 Å². The predicted octanol–water partition coefficient (Wildman–Crippen LogP) is -0.458. The van der Waals surface area contributed by atoms with Crippen molar-refractivity contribution < 1.29 is 0 Å². The Morgan fingerprint density at radius 3 is 1.78 bits per heavy atom. The number of rotatable bonds is 0. The first kappa shape index (κ1) is 14.2. The van der Waals surface area contributed by atoms with Crippen LogP contribution in [0, 0.1) is 0 Å². The van der Waals surface area contributed by atoms with Crippen molar-refractivity contribution in [2.24, 2.45) is 0 Å². The summed E-state index contributed by atoms with van der Waals surface area (Å²) >= 11 is 8.18. The van der Waals surface area contributed by atoms with Crippen LogP contribution in [0.3, 0.4) is 0 Å². The Hall–Kier alpha value is -1.87. The molecule has 10 heteroatoms. The van der Waals surface area contributed by atoms with E-state index in [0.717, 1.165) is 6.20 Å². The number of H-pyrrole nitrogens is 4. The Morgan fingerprint density at radius 2 is 1.39 bits per heavy atom. The maximum Gasteiger partial charge on any atom is 0.325 e. The second kappa shape index (κ2) is 6.17. The number of aromatic nitrogens is 4. The fraction of sp³-hybridized carbons (Fsp3) is 0. The lowest BCUT2D eigenvalue weighted by Gasteiger charge is -1.82. The first-order chi connectivity index (χ1) is 8.40. The van der Waals surface area contributed by atoms with Gasteiger partial charge < -0.3 is 9.97 Å².